The van der Waals surface area contributed by atoms with E-state index in [-0.39, 0.29) is 17.8 Å². The molecule has 4 rings (SSSR count). The number of carbonyl (C=O) groups is 2. The second-order valence-electron chi connectivity index (χ2n) is 7.31. The molecular weight excluding hydrogens is 419 g/mol. The largest absolute Gasteiger partial charge is 0.450 e. The van der Waals surface area contributed by atoms with Crippen LogP contribution in [0.5, 0.6) is 0 Å². The number of hydrogen-bond acceptors (Lipinski definition) is 5. The summed E-state index contributed by atoms with van der Waals surface area (Å²) in [6.07, 6.45) is 0.292. The first-order valence-electron chi connectivity index (χ1n) is 10.0. The molecule has 31 heavy (non-hydrogen) atoms. The fourth-order valence-electron chi connectivity index (χ4n) is 3.76. The summed E-state index contributed by atoms with van der Waals surface area (Å²) in [6, 6.07) is 7.97. The van der Waals surface area contributed by atoms with Crippen LogP contribution in [-0.4, -0.2) is 39.6 Å². The maximum absolute atomic E-state index is 13.3. The maximum Gasteiger partial charge on any atom is 0.410 e. The van der Waals surface area contributed by atoms with Crippen LogP contribution in [0.25, 0.3) is 5.69 Å². The second-order valence-corrected chi connectivity index (χ2v) is 8.39. The van der Waals surface area contributed by atoms with E-state index in [1.54, 1.807) is 24.0 Å². The van der Waals surface area contributed by atoms with E-state index in [1.807, 2.05) is 24.5 Å². The summed E-state index contributed by atoms with van der Waals surface area (Å²) in [4.78, 5) is 32.1. The van der Waals surface area contributed by atoms with Gasteiger partial charge < -0.3 is 14.2 Å². The number of aryl methyl sites for hydroxylation is 1. The van der Waals surface area contributed by atoms with Crippen molar-refractivity contribution in [2.24, 2.45) is 0 Å². The van der Waals surface area contributed by atoms with Crippen LogP contribution in [0.1, 0.15) is 39.2 Å². The first-order valence-corrected chi connectivity index (χ1v) is 10.9. The van der Waals surface area contributed by atoms with Gasteiger partial charge in [-0.1, -0.05) is 11.3 Å². The van der Waals surface area contributed by atoms with Crippen LogP contribution in [0.15, 0.2) is 30.3 Å². The van der Waals surface area contributed by atoms with Gasteiger partial charge in [-0.2, -0.15) is 0 Å². The molecule has 0 atom stereocenters. The van der Waals surface area contributed by atoms with Crippen molar-refractivity contribution in [1.82, 2.24) is 14.5 Å². The topological polar surface area (TPSA) is 76.5 Å². The van der Waals surface area contributed by atoms with Crippen molar-refractivity contribution >= 4 is 28.5 Å². The number of benzene rings is 1. The van der Waals surface area contributed by atoms with Gasteiger partial charge in [-0.15, -0.1) is 0 Å². The van der Waals surface area contributed by atoms with E-state index in [1.165, 1.54) is 23.5 Å². The number of rotatable bonds is 4. The van der Waals surface area contributed by atoms with E-state index < -0.39 is 0 Å². The molecule has 162 valence electrons. The third-order valence-electron chi connectivity index (χ3n) is 5.24. The smallest absolute Gasteiger partial charge is 0.410 e. The molecule has 2 aromatic heterocycles. The minimum atomic E-state index is -0.333. The lowest BCUT2D eigenvalue weighted by atomic mass is 10.2. The van der Waals surface area contributed by atoms with Crippen LogP contribution >= 0.6 is 11.3 Å². The lowest BCUT2D eigenvalue weighted by molar-refractivity contribution is 0.102. The zero-order valence-electron chi connectivity index (χ0n) is 17.6. The van der Waals surface area contributed by atoms with E-state index in [4.69, 9.17) is 4.74 Å². The zero-order chi connectivity index (χ0) is 22.1. The van der Waals surface area contributed by atoms with Gasteiger partial charge in [0.05, 0.1) is 24.4 Å². The van der Waals surface area contributed by atoms with Crippen molar-refractivity contribution in [3.8, 4) is 5.69 Å². The number of carbonyl (C=O) groups excluding carboxylic acids is 2. The fourth-order valence-corrected chi connectivity index (χ4v) is 4.78. The molecule has 0 saturated heterocycles. The van der Waals surface area contributed by atoms with Gasteiger partial charge in [-0.05, 0) is 51.1 Å². The number of nitrogens with zero attached hydrogens (tertiary/aromatic N) is 3. The average Bonchev–Trinajstić information content (AvgIpc) is 3.27. The molecule has 1 N–H and O–H groups in total. The summed E-state index contributed by atoms with van der Waals surface area (Å²) >= 11 is 1.37. The summed E-state index contributed by atoms with van der Waals surface area (Å²) in [7, 11) is 0. The van der Waals surface area contributed by atoms with Crippen molar-refractivity contribution < 1.29 is 18.7 Å². The minimum Gasteiger partial charge on any atom is -0.450 e. The highest BCUT2D eigenvalue weighted by atomic mass is 32.1. The number of halogens is 1. The molecule has 3 heterocycles. The lowest BCUT2D eigenvalue weighted by Crippen LogP contribution is -2.35. The molecule has 0 aliphatic carbocycles. The lowest BCUT2D eigenvalue weighted by Gasteiger charge is -2.24. The van der Waals surface area contributed by atoms with Crippen molar-refractivity contribution in [2.75, 3.05) is 18.5 Å². The highest BCUT2D eigenvalue weighted by Crippen LogP contribution is 2.29. The summed E-state index contributed by atoms with van der Waals surface area (Å²) in [5.41, 5.74) is 3.86. The third-order valence-corrected chi connectivity index (χ3v) is 6.24. The Morgan fingerprint density at radius 1 is 1.26 bits per heavy atom. The monoisotopic (exact) mass is 442 g/mol. The van der Waals surface area contributed by atoms with Crippen LogP contribution < -0.4 is 5.32 Å². The highest BCUT2D eigenvalue weighted by Gasteiger charge is 2.26. The molecule has 1 aromatic carbocycles. The van der Waals surface area contributed by atoms with Crippen molar-refractivity contribution in [2.45, 2.75) is 33.7 Å². The van der Waals surface area contributed by atoms with Crippen LogP contribution in [0.3, 0.4) is 0 Å². The molecule has 9 heteroatoms. The summed E-state index contributed by atoms with van der Waals surface area (Å²) < 4.78 is 20.3. The van der Waals surface area contributed by atoms with Crippen LogP contribution in [0, 0.1) is 19.7 Å². The SMILES string of the molecule is CCOC(=O)N1CCc2nc(NC(=O)c3cc(C)n(-c4ccc(F)cc4)c3C)sc2C1. The van der Waals surface area contributed by atoms with Gasteiger partial charge in [0.15, 0.2) is 5.13 Å². The van der Waals surface area contributed by atoms with Gasteiger partial charge >= 0.3 is 6.09 Å². The Kier molecular flexibility index (Phi) is 5.77. The standard InChI is InChI=1S/C22H23FN4O3S/c1-4-30-22(29)26-10-9-18-19(12-26)31-21(24-18)25-20(28)17-11-13(2)27(14(17)3)16-7-5-15(23)6-8-16/h5-8,11H,4,9-10,12H2,1-3H3,(H,24,25,28). The quantitative estimate of drug-likeness (QED) is 0.647. The second kappa shape index (κ2) is 8.50. The van der Waals surface area contributed by atoms with Crippen LogP contribution in [-0.2, 0) is 17.7 Å². The molecule has 1 aliphatic heterocycles. The molecule has 0 bridgehead atoms. The Balaban J connectivity index is 1.52. The van der Waals surface area contributed by atoms with Crippen LogP contribution in [0.2, 0.25) is 0 Å². The van der Waals surface area contributed by atoms with Gasteiger partial charge in [-0.3, -0.25) is 10.1 Å². The zero-order valence-corrected chi connectivity index (χ0v) is 18.4. The number of hydrogen-bond donors (Lipinski definition) is 1. The Labute approximate surface area is 183 Å². The normalized spacial score (nSPS) is 13.1. The van der Waals surface area contributed by atoms with Gasteiger partial charge in [0.25, 0.3) is 5.91 Å². The number of nitrogens with one attached hydrogen (secondary N) is 1. The van der Waals surface area contributed by atoms with Crippen molar-refractivity contribution in [3.05, 3.63) is 63.7 Å². The maximum atomic E-state index is 13.3. The molecule has 0 spiro atoms. The number of anilines is 1. The molecule has 7 nitrogen and oxygen atoms in total. The number of fused-ring (bicyclic) bond motifs is 1. The van der Waals surface area contributed by atoms with E-state index in [0.29, 0.717) is 36.8 Å². The number of thiazole rings is 1. The predicted octanol–water partition coefficient (Wildman–Crippen LogP) is 4.46. The molecule has 0 saturated carbocycles. The molecule has 3 aromatic rings. The molecule has 1 aliphatic rings. The Morgan fingerprint density at radius 3 is 2.71 bits per heavy atom. The van der Waals surface area contributed by atoms with E-state index >= 15 is 0 Å². The van der Waals surface area contributed by atoms with Crippen molar-refractivity contribution in [3.63, 3.8) is 0 Å². The average molecular weight is 443 g/mol. The first-order chi connectivity index (χ1) is 14.9. The van der Waals surface area contributed by atoms with Gasteiger partial charge in [0, 0.05) is 34.9 Å². The first kappa shape index (κ1) is 21.0. The fraction of sp³-hybridized carbons (Fsp3) is 0.318. The molecular formula is C22H23FN4O3S. The number of amides is 2. The van der Waals surface area contributed by atoms with E-state index in [0.717, 1.165) is 27.6 Å². The Morgan fingerprint density at radius 2 is 2.00 bits per heavy atom. The van der Waals surface area contributed by atoms with E-state index in [9.17, 15) is 14.0 Å². The molecule has 0 fully saturated rings. The minimum absolute atomic E-state index is 0.255. The van der Waals surface area contributed by atoms with E-state index in [2.05, 4.69) is 10.3 Å². The van der Waals surface area contributed by atoms with Gasteiger partial charge in [-0.25, -0.2) is 14.2 Å². The van der Waals surface area contributed by atoms with Gasteiger partial charge in [0.2, 0.25) is 0 Å². The van der Waals surface area contributed by atoms with Crippen LogP contribution in [0.4, 0.5) is 14.3 Å². The number of aromatic nitrogens is 2. The summed E-state index contributed by atoms with van der Waals surface area (Å²) in [6.45, 7) is 6.85. The summed E-state index contributed by atoms with van der Waals surface area (Å²) in [5, 5.41) is 3.39. The van der Waals surface area contributed by atoms with Gasteiger partial charge in [0.1, 0.15) is 5.82 Å². The Hall–Kier alpha value is -3.20. The highest BCUT2D eigenvalue weighted by molar-refractivity contribution is 7.15. The molecule has 2 amide bonds. The molecule has 0 radical (unpaired) electrons. The van der Waals surface area contributed by atoms with Crippen molar-refractivity contribution in [1.29, 1.82) is 0 Å². The number of ether oxygens (including phenoxy) is 1. The predicted molar refractivity (Wildman–Crippen MR) is 116 cm³/mol. The Bertz CT molecular complexity index is 1140. The summed E-state index contributed by atoms with van der Waals surface area (Å²) in [5.74, 6) is -0.562. The molecule has 0 unspecified atom stereocenters. The third kappa shape index (κ3) is 4.18.